The number of para-hydroxylation sites is 2. The highest BCUT2D eigenvalue weighted by molar-refractivity contribution is 5.72. The van der Waals surface area contributed by atoms with E-state index < -0.39 is 0 Å². The number of nitrogens with zero attached hydrogens (tertiary/aromatic N) is 2. The zero-order valence-corrected chi connectivity index (χ0v) is 13.4. The number of oxazole rings is 1. The summed E-state index contributed by atoms with van der Waals surface area (Å²) in [6.07, 6.45) is 0. The molecule has 0 aliphatic heterocycles. The van der Waals surface area contributed by atoms with Crippen LogP contribution in [0.4, 0.5) is 0 Å². The predicted octanol–water partition coefficient (Wildman–Crippen LogP) is 2.87. The molecule has 1 aromatic heterocycles. The molecule has 2 aromatic carbocycles. The summed E-state index contributed by atoms with van der Waals surface area (Å²) >= 11 is 0. The van der Waals surface area contributed by atoms with Crippen LogP contribution in [0.1, 0.15) is 5.56 Å². The van der Waals surface area contributed by atoms with Gasteiger partial charge < -0.3 is 9.15 Å². The fourth-order valence-corrected chi connectivity index (χ4v) is 2.48. The van der Waals surface area contributed by atoms with Gasteiger partial charge in [-0.3, -0.25) is 9.47 Å². The minimum absolute atomic E-state index is 0.336. The van der Waals surface area contributed by atoms with Gasteiger partial charge in [-0.25, -0.2) is 4.79 Å². The molecule has 0 spiro atoms. The van der Waals surface area contributed by atoms with Crippen LogP contribution in [0.3, 0.4) is 0 Å². The van der Waals surface area contributed by atoms with Crippen LogP contribution in [0, 0.1) is 6.92 Å². The first-order valence-corrected chi connectivity index (χ1v) is 7.60. The Bertz CT molecular complexity index is 851. The number of aromatic nitrogens is 1. The maximum Gasteiger partial charge on any atom is 0.421 e. The lowest BCUT2D eigenvalue weighted by Gasteiger charge is -2.17. The average molecular weight is 312 g/mol. The third-order valence-electron chi connectivity index (χ3n) is 3.69. The standard InChI is InChI=1S/C18H20N2O3/c1-14-6-5-7-15(12-14)22-11-10-19(2)13-20-16-8-3-4-9-17(16)23-18(20)21/h3-9,12H,10-11,13H2,1-2H3. The van der Waals surface area contributed by atoms with Crippen LogP contribution >= 0.6 is 0 Å². The summed E-state index contributed by atoms with van der Waals surface area (Å²) in [5.41, 5.74) is 2.60. The average Bonchev–Trinajstić information content (AvgIpc) is 2.83. The van der Waals surface area contributed by atoms with Crippen LogP contribution in [-0.4, -0.2) is 29.7 Å². The van der Waals surface area contributed by atoms with E-state index in [1.165, 1.54) is 5.56 Å². The molecule has 0 N–H and O–H groups in total. The molecule has 120 valence electrons. The quantitative estimate of drug-likeness (QED) is 0.702. The summed E-state index contributed by atoms with van der Waals surface area (Å²) in [7, 11) is 1.95. The first kappa shape index (κ1) is 15.4. The highest BCUT2D eigenvalue weighted by atomic mass is 16.5. The second kappa shape index (κ2) is 6.71. The molecule has 0 saturated heterocycles. The SMILES string of the molecule is Cc1cccc(OCCN(C)Cn2c(=O)oc3ccccc32)c1. The zero-order chi connectivity index (χ0) is 16.2. The third kappa shape index (κ3) is 3.63. The Hall–Kier alpha value is -2.53. The minimum Gasteiger partial charge on any atom is -0.492 e. The van der Waals surface area contributed by atoms with Gasteiger partial charge in [0.2, 0.25) is 0 Å². The Balaban J connectivity index is 1.59. The van der Waals surface area contributed by atoms with E-state index in [2.05, 4.69) is 0 Å². The van der Waals surface area contributed by atoms with Crippen molar-refractivity contribution in [2.24, 2.45) is 0 Å². The lowest BCUT2D eigenvalue weighted by Crippen LogP contribution is -2.30. The van der Waals surface area contributed by atoms with Crippen molar-refractivity contribution in [3.05, 3.63) is 64.6 Å². The number of ether oxygens (including phenoxy) is 1. The van der Waals surface area contributed by atoms with Crippen LogP contribution in [0.25, 0.3) is 11.1 Å². The largest absolute Gasteiger partial charge is 0.492 e. The molecule has 0 unspecified atom stereocenters. The molecular formula is C18H20N2O3. The van der Waals surface area contributed by atoms with Crippen LogP contribution in [0.5, 0.6) is 5.75 Å². The summed E-state index contributed by atoms with van der Waals surface area (Å²) in [5, 5.41) is 0. The van der Waals surface area contributed by atoms with Gasteiger partial charge in [-0.05, 0) is 43.8 Å². The van der Waals surface area contributed by atoms with Crippen molar-refractivity contribution in [3.8, 4) is 5.75 Å². The van der Waals surface area contributed by atoms with Gasteiger partial charge >= 0.3 is 5.76 Å². The highest BCUT2D eigenvalue weighted by Gasteiger charge is 2.10. The van der Waals surface area contributed by atoms with E-state index in [9.17, 15) is 4.79 Å². The van der Waals surface area contributed by atoms with Gasteiger partial charge in [0.15, 0.2) is 5.58 Å². The molecule has 3 aromatic rings. The monoisotopic (exact) mass is 312 g/mol. The smallest absolute Gasteiger partial charge is 0.421 e. The number of aryl methyl sites for hydroxylation is 1. The van der Waals surface area contributed by atoms with E-state index in [0.717, 1.165) is 11.3 Å². The van der Waals surface area contributed by atoms with Gasteiger partial charge in [0, 0.05) is 6.54 Å². The van der Waals surface area contributed by atoms with Crippen molar-refractivity contribution in [3.63, 3.8) is 0 Å². The summed E-state index contributed by atoms with van der Waals surface area (Å²) in [6, 6.07) is 15.4. The number of fused-ring (bicyclic) bond motifs is 1. The first-order chi connectivity index (χ1) is 11.1. The molecule has 3 rings (SSSR count). The Morgan fingerprint density at radius 3 is 2.83 bits per heavy atom. The van der Waals surface area contributed by atoms with Crippen LogP contribution in [-0.2, 0) is 6.67 Å². The molecular weight excluding hydrogens is 292 g/mol. The number of likely N-dealkylation sites (N-methyl/N-ethyl adjacent to an activating group) is 1. The number of hydrogen-bond donors (Lipinski definition) is 0. The molecule has 0 atom stereocenters. The van der Waals surface area contributed by atoms with E-state index in [1.807, 2.05) is 61.3 Å². The molecule has 0 bridgehead atoms. The van der Waals surface area contributed by atoms with E-state index in [1.54, 1.807) is 10.6 Å². The molecule has 0 radical (unpaired) electrons. The summed E-state index contributed by atoms with van der Waals surface area (Å²) in [6.45, 7) is 3.77. The zero-order valence-electron chi connectivity index (χ0n) is 13.4. The Morgan fingerprint density at radius 2 is 2.00 bits per heavy atom. The van der Waals surface area contributed by atoms with Gasteiger partial charge in [-0.2, -0.15) is 0 Å². The Labute approximate surface area is 134 Å². The summed E-state index contributed by atoms with van der Waals surface area (Å²) in [4.78, 5) is 14.0. The van der Waals surface area contributed by atoms with Crippen molar-refractivity contribution in [2.75, 3.05) is 20.2 Å². The van der Waals surface area contributed by atoms with E-state index in [0.29, 0.717) is 25.4 Å². The van der Waals surface area contributed by atoms with Gasteiger partial charge in [0.1, 0.15) is 12.4 Å². The first-order valence-electron chi connectivity index (χ1n) is 7.60. The third-order valence-corrected chi connectivity index (χ3v) is 3.69. The number of benzene rings is 2. The van der Waals surface area contributed by atoms with E-state index >= 15 is 0 Å². The van der Waals surface area contributed by atoms with Gasteiger partial charge in [-0.15, -0.1) is 0 Å². The molecule has 0 amide bonds. The molecule has 5 nitrogen and oxygen atoms in total. The Kier molecular flexibility index (Phi) is 4.48. The van der Waals surface area contributed by atoms with Crippen molar-refractivity contribution in [1.82, 2.24) is 9.47 Å². The van der Waals surface area contributed by atoms with Crippen LogP contribution in [0.15, 0.2) is 57.7 Å². The molecule has 0 saturated carbocycles. The van der Waals surface area contributed by atoms with Crippen molar-refractivity contribution < 1.29 is 9.15 Å². The predicted molar refractivity (Wildman–Crippen MR) is 89.8 cm³/mol. The fourth-order valence-electron chi connectivity index (χ4n) is 2.48. The number of rotatable bonds is 6. The minimum atomic E-state index is -0.336. The molecule has 0 fully saturated rings. The second-order valence-corrected chi connectivity index (χ2v) is 5.65. The lowest BCUT2D eigenvalue weighted by atomic mass is 10.2. The number of hydrogen-bond acceptors (Lipinski definition) is 4. The van der Waals surface area contributed by atoms with Crippen molar-refractivity contribution >= 4 is 11.1 Å². The second-order valence-electron chi connectivity index (χ2n) is 5.65. The Morgan fingerprint density at radius 1 is 1.17 bits per heavy atom. The van der Waals surface area contributed by atoms with Crippen LogP contribution in [0.2, 0.25) is 0 Å². The molecule has 0 aliphatic rings. The normalized spacial score (nSPS) is 11.3. The lowest BCUT2D eigenvalue weighted by molar-refractivity contribution is 0.203. The van der Waals surface area contributed by atoms with Crippen molar-refractivity contribution in [2.45, 2.75) is 13.6 Å². The van der Waals surface area contributed by atoms with Gasteiger partial charge in [0.05, 0.1) is 12.2 Å². The van der Waals surface area contributed by atoms with Gasteiger partial charge in [-0.1, -0.05) is 24.3 Å². The summed E-state index contributed by atoms with van der Waals surface area (Å²) in [5.74, 6) is 0.530. The molecule has 0 aliphatic carbocycles. The van der Waals surface area contributed by atoms with Crippen molar-refractivity contribution in [1.29, 1.82) is 0 Å². The topological polar surface area (TPSA) is 47.6 Å². The maximum atomic E-state index is 11.9. The molecule has 5 heteroatoms. The maximum absolute atomic E-state index is 11.9. The van der Waals surface area contributed by atoms with E-state index in [4.69, 9.17) is 9.15 Å². The van der Waals surface area contributed by atoms with Crippen LogP contribution < -0.4 is 10.5 Å². The summed E-state index contributed by atoms with van der Waals surface area (Å²) < 4.78 is 12.6. The molecule has 1 heterocycles. The van der Waals surface area contributed by atoms with E-state index in [-0.39, 0.29) is 5.76 Å². The fraction of sp³-hybridized carbons (Fsp3) is 0.278. The highest BCUT2D eigenvalue weighted by Crippen LogP contribution is 2.13. The van der Waals surface area contributed by atoms with Gasteiger partial charge in [0.25, 0.3) is 0 Å². The molecule has 23 heavy (non-hydrogen) atoms.